The number of aryl methyl sites for hydroxylation is 1. The number of hydrogen-bond donors (Lipinski definition) is 1. The lowest BCUT2D eigenvalue weighted by Crippen LogP contribution is -2.51. The monoisotopic (exact) mass is 313 g/mol. The second-order valence-electron chi connectivity index (χ2n) is 6.16. The van der Waals surface area contributed by atoms with Gasteiger partial charge in [-0.25, -0.2) is 0 Å². The highest BCUT2D eigenvalue weighted by atomic mass is 16.3. The predicted octanol–water partition coefficient (Wildman–Crippen LogP) is 2.11. The molecule has 1 fully saturated rings. The van der Waals surface area contributed by atoms with Gasteiger partial charge >= 0.3 is 0 Å². The van der Waals surface area contributed by atoms with Gasteiger partial charge < -0.3 is 10.0 Å². The van der Waals surface area contributed by atoms with Gasteiger partial charge in [0, 0.05) is 19.3 Å². The molecule has 23 heavy (non-hydrogen) atoms. The third kappa shape index (κ3) is 3.01. The summed E-state index contributed by atoms with van der Waals surface area (Å²) in [5.74, 6) is -0.0836. The Morgan fingerprint density at radius 3 is 2.74 bits per heavy atom. The number of aliphatic hydroxyl groups is 1. The first kappa shape index (κ1) is 15.7. The second kappa shape index (κ2) is 6.54. The SMILES string of the molecule is CCn1ccc(C(=O)N2CCC[C@]2(CO)Cc2ccccc2)n1. The molecule has 0 aliphatic carbocycles. The van der Waals surface area contributed by atoms with Crippen LogP contribution in [0.5, 0.6) is 0 Å². The summed E-state index contributed by atoms with van der Waals surface area (Å²) in [6.45, 7) is 3.38. The van der Waals surface area contributed by atoms with Crippen molar-refractivity contribution in [2.45, 2.75) is 38.3 Å². The molecule has 0 spiro atoms. The molecular weight excluding hydrogens is 290 g/mol. The van der Waals surface area contributed by atoms with Crippen molar-refractivity contribution in [1.29, 1.82) is 0 Å². The quantitative estimate of drug-likeness (QED) is 0.920. The Morgan fingerprint density at radius 2 is 2.09 bits per heavy atom. The van der Waals surface area contributed by atoms with Crippen LogP contribution in [0.3, 0.4) is 0 Å². The molecule has 1 aliphatic rings. The molecule has 0 unspecified atom stereocenters. The Bertz CT molecular complexity index is 668. The summed E-state index contributed by atoms with van der Waals surface area (Å²) in [6, 6.07) is 11.8. The Kier molecular flexibility index (Phi) is 4.48. The maximum atomic E-state index is 12.9. The van der Waals surface area contributed by atoms with E-state index in [2.05, 4.69) is 5.10 Å². The van der Waals surface area contributed by atoms with Crippen molar-refractivity contribution in [3.63, 3.8) is 0 Å². The lowest BCUT2D eigenvalue weighted by atomic mass is 9.88. The Hall–Kier alpha value is -2.14. The first-order valence-corrected chi connectivity index (χ1v) is 8.19. The second-order valence-corrected chi connectivity index (χ2v) is 6.16. The number of amides is 1. The third-order valence-electron chi connectivity index (χ3n) is 4.70. The fraction of sp³-hybridized carbons (Fsp3) is 0.444. The highest BCUT2D eigenvalue weighted by Gasteiger charge is 2.43. The molecule has 1 atom stereocenters. The van der Waals surface area contributed by atoms with E-state index >= 15 is 0 Å². The van der Waals surface area contributed by atoms with E-state index in [-0.39, 0.29) is 12.5 Å². The number of aromatic nitrogens is 2. The number of carbonyl (C=O) groups is 1. The first-order valence-electron chi connectivity index (χ1n) is 8.19. The van der Waals surface area contributed by atoms with E-state index in [0.29, 0.717) is 18.7 Å². The number of aliphatic hydroxyl groups excluding tert-OH is 1. The van der Waals surface area contributed by atoms with E-state index in [1.807, 2.05) is 48.4 Å². The molecule has 2 heterocycles. The van der Waals surface area contributed by atoms with E-state index in [1.54, 1.807) is 10.7 Å². The van der Waals surface area contributed by atoms with Crippen molar-refractivity contribution >= 4 is 5.91 Å². The van der Waals surface area contributed by atoms with Gasteiger partial charge in [-0.1, -0.05) is 30.3 Å². The van der Waals surface area contributed by atoms with E-state index in [9.17, 15) is 9.90 Å². The van der Waals surface area contributed by atoms with E-state index < -0.39 is 5.54 Å². The summed E-state index contributed by atoms with van der Waals surface area (Å²) >= 11 is 0. The third-order valence-corrected chi connectivity index (χ3v) is 4.70. The van der Waals surface area contributed by atoms with Crippen molar-refractivity contribution in [3.05, 3.63) is 53.9 Å². The standard InChI is InChI=1S/C18H23N3O2/c1-2-20-12-9-16(19-20)17(23)21-11-6-10-18(21,14-22)13-15-7-4-3-5-8-15/h3-5,7-9,12,22H,2,6,10-11,13-14H2,1H3/t18-/m1/s1. The minimum Gasteiger partial charge on any atom is -0.394 e. The Morgan fingerprint density at radius 1 is 1.30 bits per heavy atom. The van der Waals surface area contributed by atoms with Gasteiger partial charge in [0.2, 0.25) is 0 Å². The van der Waals surface area contributed by atoms with E-state index in [4.69, 9.17) is 0 Å². The Balaban J connectivity index is 1.86. The first-order chi connectivity index (χ1) is 11.2. The van der Waals surface area contributed by atoms with Gasteiger partial charge in [-0.05, 0) is 37.8 Å². The van der Waals surface area contributed by atoms with Gasteiger partial charge in [-0.15, -0.1) is 0 Å². The summed E-state index contributed by atoms with van der Waals surface area (Å²) in [4.78, 5) is 14.7. The zero-order valence-corrected chi connectivity index (χ0v) is 13.5. The van der Waals surface area contributed by atoms with Gasteiger partial charge in [0.15, 0.2) is 0 Å². The van der Waals surface area contributed by atoms with Crippen LogP contribution in [0.2, 0.25) is 0 Å². The lowest BCUT2D eigenvalue weighted by molar-refractivity contribution is 0.0406. The molecule has 1 N–H and O–H groups in total. The molecule has 122 valence electrons. The number of carbonyl (C=O) groups excluding carboxylic acids is 1. The summed E-state index contributed by atoms with van der Waals surface area (Å²) in [6.07, 6.45) is 4.22. The van der Waals surface area contributed by atoms with Crippen molar-refractivity contribution in [2.24, 2.45) is 0 Å². The summed E-state index contributed by atoms with van der Waals surface area (Å²) in [5.41, 5.74) is 1.08. The Labute approximate surface area is 136 Å². The number of hydrogen-bond acceptors (Lipinski definition) is 3. The van der Waals surface area contributed by atoms with E-state index in [1.165, 1.54) is 0 Å². The highest BCUT2D eigenvalue weighted by molar-refractivity contribution is 5.93. The van der Waals surface area contributed by atoms with Crippen LogP contribution in [-0.4, -0.2) is 44.4 Å². The minimum atomic E-state index is -0.519. The fourth-order valence-corrected chi connectivity index (χ4v) is 3.43. The molecule has 3 rings (SSSR count). The van der Waals surface area contributed by atoms with Crippen molar-refractivity contribution in [3.8, 4) is 0 Å². The normalized spacial score (nSPS) is 20.9. The molecule has 1 aromatic carbocycles. The largest absolute Gasteiger partial charge is 0.394 e. The van der Waals surface area contributed by atoms with Crippen LogP contribution in [0.15, 0.2) is 42.6 Å². The average molecular weight is 313 g/mol. The minimum absolute atomic E-state index is 0.0257. The van der Waals surface area contributed by atoms with Gasteiger partial charge in [0.1, 0.15) is 5.69 Å². The van der Waals surface area contributed by atoms with Crippen LogP contribution < -0.4 is 0 Å². The molecule has 5 nitrogen and oxygen atoms in total. The zero-order valence-electron chi connectivity index (χ0n) is 13.5. The summed E-state index contributed by atoms with van der Waals surface area (Å²) in [5, 5.41) is 14.4. The molecule has 0 saturated carbocycles. The predicted molar refractivity (Wildman–Crippen MR) is 88.1 cm³/mol. The molecule has 1 aliphatic heterocycles. The molecule has 0 radical (unpaired) electrons. The van der Waals surface area contributed by atoms with Crippen molar-refractivity contribution < 1.29 is 9.90 Å². The van der Waals surface area contributed by atoms with Crippen molar-refractivity contribution in [1.82, 2.24) is 14.7 Å². The fourth-order valence-electron chi connectivity index (χ4n) is 3.43. The lowest BCUT2D eigenvalue weighted by Gasteiger charge is -2.37. The smallest absolute Gasteiger partial charge is 0.274 e. The van der Waals surface area contributed by atoms with Gasteiger partial charge in [-0.2, -0.15) is 5.10 Å². The number of nitrogens with zero attached hydrogens (tertiary/aromatic N) is 3. The number of likely N-dealkylation sites (tertiary alicyclic amines) is 1. The topological polar surface area (TPSA) is 58.4 Å². The molecule has 1 aromatic heterocycles. The molecule has 2 aromatic rings. The maximum Gasteiger partial charge on any atom is 0.274 e. The molecule has 1 saturated heterocycles. The van der Waals surface area contributed by atoms with Crippen LogP contribution >= 0.6 is 0 Å². The molecule has 5 heteroatoms. The molecule has 1 amide bonds. The summed E-state index contributed by atoms with van der Waals surface area (Å²) < 4.78 is 1.75. The van der Waals surface area contributed by atoms with Crippen LogP contribution in [0.1, 0.15) is 35.8 Å². The van der Waals surface area contributed by atoms with Gasteiger partial charge in [0.05, 0.1) is 12.1 Å². The summed E-state index contributed by atoms with van der Waals surface area (Å²) in [7, 11) is 0. The van der Waals surface area contributed by atoms with Crippen LogP contribution in [0, 0.1) is 0 Å². The van der Waals surface area contributed by atoms with Gasteiger partial charge in [0.25, 0.3) is 5.91 Å². The molecular formula is C18H23N3O2. The van der Waals surface area contributed by atoms with E-state index in [0.717, 1.165) is 24.9 Å². The van der Waals surface area contributed by atoms with Crippen LogP contribution in [0.4, 0.5) is 0 Å². The van der Waals surface area contributed by atoms with Crippen LogP contribution in [-0.2, 0) is 13.0 Å². The number of benzene rings is 1. The maximum absolute atomic E-state index is 12.9. The average Bonchev–Trinajstić information content (AvgIpc) is 3.22. The van der Waals surface area contributed by atoms with Crippen LogP contribution in [0.25, 0.3) is 0 Å². The van der Waals surface area contributed by atoms with Gasteiger partial charge in [-0.3, -0.25) is 9.48 Å². The van der Waals surface area contributed by atoms with Crippen molar-refractivity contribution in [2.75, 3.05) is 13.2 Å². The zero-order chi connectivity index (χ0) is 16.3. The number of rotatable bonds is 5. The highest BCUT2D eigenvalue weighted by Crippen LogP contribution is 2.33. The molecule has 0 bridgehead atoms.